The zero-order chi connectivity index (χ0) is 21.1. The van der Waals surface area contributed by atoms with E-state index in [4.69, 9.17) is 0 Å². The first kappa shape index (κ1) is 20.5. The van der Waals surface area contributed by atoms with E-state index in [1.54, 1.807) is 43.3 Å². The average Bonchev–Trinajstić information content (AvgIpc) is 3.00. The standard InChI is InChI=1S/C23H24N2O4/c1-14(2)16-9-11-17(12-10-16)20(26)13-19(23(28)29)21-15(3)24-25(22(21)27)18-7-5-4-6-8-18/h4-12,14,19,21H,13H2,1-3H3,(H,28,29)/t19-,21-/m1/s1. The maximum Gasteiger partial charge on any atom is 0.308 e. The largest absolute Gasteiger partial charge is 0.481 e. The molecule has 150 valence electrons. The fraction of sp³-hybridized carbons (Fsp3) is 0.304. The molecule has 1 amide bonds. The van der Waals surface area contributed by atoms with Crippen LogP contribution in [0, 0.1) is 11.8 Å². The van der Waals surface area contributed by atoms with Crippen LogP contribution in [0.1, 0.15) is 49.0 Å². The van der Waals surface area contributed by atoms with E-state index in [-0.39, 0.29) is 12.2 Å². The third kappa shape index (κ3) is 4.26. The molecule has 29 heavy (non-hydrogen) atoms. The smallest absolute Gasteiger partial charge is 0.308 e. The van der Waals surface area contributed by atoms with Crippen molar-refractivity contribution in [3.05, 3.63) is 65.7 Å². The summed E-state index contributed by atoms with van der Waals surface area (Å²) in [6.07, 6.45) is -0.262. The summed E-state index contributed by atoms with van der Waals surface area (Å²) in [7, 11) is 0. The van der Waals surface area contributed by atoms with Crippen LogP contribution in [0.4, 0.5) is 5.69 Å². The van der Waals surface area contributed by atoms with Crippen LogP contribution in [0.25, 0.3) is 0 Å². The fourth-order valence-corrected chi connectivity index (χ4v) is 3.52. The molecule has 1 heterocycles. The van der Waals surface area contributed by atoms with Crippen LogP contribution < -0.4 is 5.01 Å². The predicted octanol–water partition coefficient (Wildman–Crippen LogP) is 4.12. The van der Waals surface area contributed by atoms with Crippen molar-refractivity contribution in [1.29, 1.82) is 0 Å². The Hall–Kier alpha value is -3.28. The summed E-state index contributed by atoms with van der Waals surface area (Å²) in [5.41, 5.74) is 2.51. The third-order valence-corrected chi connectivity index (χ3v) is 5.21. The van der Waals surface area contributed by atoms with Crippen LogP contribution in [0.2, 0.25) is 0 Å². The van der Waals surface area contributed by atoms with Crippen LogP contribution in [0.3, 0.4) is 0 Å². The van der Waals surface area contributed by atoms with Gasteiger partial charge in [0.25, 0.3) is 5.91 Å². The number of amides is 1. The molecule has 0 aromatic heterocycles. The molecule has 0 aliphatic carbocycles. The SMILES string of the molecule is CC1=NN(c2ccccc2)C(=O)[C@H]1[C@@H](CC(=O)c1ccc(C(C)C)cc1)C(=O)O. The minimum Gasteiger partial charge on any atom is -0.481 e. The molecule has 0 spiro atoms. The van der Waals surface area contributed by atoms with Gasteiger partial charge in [0.2, 0.25) is 0 Å². The number of hydrogen-bond donors (Lipinski definition) is 1. The molecule has 0 fully saturated rings. The minimum atomic E-state index is -1.18. The van der Waals surface area contributed by atoms with Crippen LogP contribution in [-0.2, 0) is 9.59 Å². The Labute approximate surface area is 169 Å². The molecular weight excluding hydrogens is 368 g/mol. The number of carboxylic acids is 1. The normalized spacial score (nSPS) is 17.4. The van der Waals surface area contributed by atoms with Crippen molar-refractivity contribution in [2.75, 3.05) is 5.01 Å². The summed E-state index contributed by atoms with van der Waals surface area (Å²) >= 11 is 0. The molecule has 2 aromatic carbocycles. The molecule has 3 rings (SSSR count). The molecule has 0 saturated carbocycles. The fourth-order valence-electron chi connectivity index (χ4n) is 3.52. The number of ketones is 1. The van der Waals surface area contributed by atoms with Gasteiger partial charge >= 0.3 is 5.97 Å². The lowest BCUT2D eigenvalue weighted by Gasteiger charge is -2.19. The zero-order valence-corrected chi connectivity index (χ0v) is 16.7. The highest BCUT2D eigenvalue weighted by molar-refractivity contribution is 6.17. The van der Waals surface area contributed by atoms with Crippen LogP contribution in [0.15, 0.2) is 59.7 Å². The zero-order valence-electron chi connectivity index (χ0n) is 16.7. The molecular formula is C23H24N2O4. The lowest BCUT2D eigenvalue weighted by Crippen LogP contribution is -2.37. The van der Waals surface area contributed by atoms with Crippen molar-refractivity contribution in [2.24, 2.45) is 16.9 Å². The van der Waals surface area contributed by atoms with Gasteiger partial charge in [-0.2, -0.15) is 5.10 Å². The van der Waals surface area contributed by atoms with Crippen molar-refractivity contribution < 1.29 is 19.5 Å². The molecule has 0 bridgehead atoms. The number of carbonyl (C=O) groups is 3. The molecule has 6 heteroatoms. The molecule has 1 N–H and O–H groups in total. The topological polar surface area (TPSA) is 87.0 Å². The number of aliphatic carboxylic acids is 1. The quantitative estimate of drug-likeness (QED) is 0.718. The summed E-state index contributed by atoms with van der Waals surface area (Å²) in [6.45, 7) is 5.75. The van der Waals surface area contributed by atoms with Gasteiger partial charge in [-0.3, -0.25) is 14.4 Å². The van der Waals surface area contributed by atoms with Gasteiger partial charge in [-0.05, 0) is 30.5 Å². The van der Waals surface area contributed by atoms with E-state index < -0.39 is 23.7 Å². The van der Waals surface area contributed by atoms with Gasteiger partial charge in [-0.1, -0.05) is 56.3 Å². The molecule has 0 saturated heterocycles. The molecule has 2 atom stereocenters. The van der Waals surface area contributed by atoms with E-state index in [0.29, 0.717) is 22.9 Å². The van der Waals surface area contributed by atoms with E-state index in [1.165, 1.54) is 5.01 Å². The number of rotatable bonds is 7. The van der Waals surface area contributed by atoms with E-state index in [0.717, 1.165) is 5.56 Å². The Balaban J connectivity index is 1.81. The molecule has 0 radical (unpaired) electrons. The monoisotopic (exact) mass is 392 g/mol. The number of carboxylic acid groups (broad SMARTS) is 1. The number of Topliss-reactive ketones (excluding diaryl/α,β-unsaturated/α-hetero) is 1. The summed E-state index contributed by atoms with van der Waals surface area (Å²) in [6, 6.07) is 16.0. The first-order chi connectivity index (χ1) is 13.8. The van der Waals surface area contributed by atoms with E-state index in [9.17, 15) is 19.5 Å². The maximum absolute atomic E-state index is 12.9. The van der Waals surface area contributed by atoms with Crippen molar-refractivity contribution in [2.45, 2.75) is 33.1 Å². The van der Waals surface area contributed by atoms with Crippen LogP contribution in [-0.4, -0.2) is 28.5 Å². The molecule has 6 nitrogen and oxygen atoms in total. The maximum atomic E-state index is 12.9. The van der Waals surface area contributed by atoms with Gasteiger partial charge in [0.05, 0.1) is 17.5 Å². The lowest BCUT2D eigenvalue weighted by molar-refractivity contribution is -0.144. The van der Waals surface area contributed by atoms with Gasteiger partial charge in [0.1, 0.15) is 0 Å². The van der Waals surface area contributed by atoms with Crippen molar-refractivity contribution >= 4 is 29.1 Å². The van der Waals surface area contributed by atoms with Gasteiger partial charge in [0, 0.05) is 17.7 Å². The highest BCUT2D eigenvalue weighted by Gasteiger charge is 2.44. The van der Waals surface area contributed by atoms with Gasteiger partial charge < -0.3 is 5.11 Å². The first-order valence-electron chi connectivity index (χ1n) is 9.59. The Kier molecular flexibility index (Phi) is 5.92. The third-order valence-electron chi connectivity index (χ3n) is 5.21. The highest BCUT2D eigenvalue weighted by Crippen LogP contribution is 2.31. The number of para-hydroxylation sites is 1. The number of anilines is 1. The minimum absolute atomic E-state index is 0.262. The Morgan fingerprint density at radius 3 is 2.24 bits per heavy atom. The summed E-state index contributed by atoms with van der Waals surface area (Å²) in [5.74, 6) is -3.70. The summed E-state index contributed by atoms with van der Waals surface area (Å²) in [4.78, 5) is 37.6. The Morgan fingerprint density at radius 1 is 1.07 bits per heavy atom. The average molecular weight is 392 g/mol. The second-order valence-electron chi connectivity index (χ2n) is 7.55. The van der Waals surface area contributed by atoms with E-state index >= 15 is 0 Å². The van der Waals surface area contributed by atoms with E-state index in [1.807, 2.05) is 18.2 Å². The van der Waals surface area contributed by atoms with Crippen LogP contribution in [0.5, 0.6) is 0 Å². The number of nitrogens with zero attached hydrogens (tertiary/aromatic N) is 2. The highest BCUT2D eigenvalue weighted by atomic mass is 16.4. The summed E-state index contributed by atoms with van der Waals surface area (Å²) < 4.78 is 0. The van der Waals surface area contributed by atoms with Crippen LogP contribution >= 0.6 is 0 Å². The van der Waals surface area contributed by atoms with Gasteiger partial charge in [-0.15, -0.1) is 0 Å². The van der Waals surface area contributed by atoms with Crippen molar-refractivity contribution in [1.82, 2.24) is 0 Å². The molecule has 1 aliphatic heterocycles. The number of carbonyl (C=O) groups excluding carboxylic acids is 2. The first-order valence-corrected chi connectivity index (χ1v) is 9.59. The Bertz CT molecular complexity index is 949. The van der Waals surface area contributed by atoms with Crippen molar-refractivity contribution in [3.63, 3.8) is 0 Å². The molecule has 0 unspecified atom stereocenters. The van der Waals surface area contributed by atoms with Crippen molar-refractivity contribution in [3.8, 4) is 0 Å². The number of hydrogen-bond acceptors (Lipinski definition) is 4. The van der Waals surface area contributed by atoms with Gasteiger partial charge in [-0.25, -0.2) is 5.01 Å². The summed E-state index contributed by atoms with van der Waals surface area (Å²) in [5, 5.41) is 15.2. The predicted molar refractivity (Wildman–Crippen MR) is 111 cm³/mol. The van der Waals surface area contributed by atoms with Gasteiger partial charge in [0.15, 0.2) is 5.78 Å². The number of hydrazone groups is 1. The van der Waals surface area contributed by atoms with E-state index in [2.05, 4.69) is 18.9 Å². The molecule has 2 aromatic rings. The second kappa shape index (κ2) is 8.39. The lowest BCUT2D eigenvalue weighted by atomic mass is 9.83. The molecule has 1 aliphatic rings. The number of benzene rings is 2. The second-order valence-corrected chi connectivity index (χ2v) is 7.55. The Morgan fingerprint density at radius 2 is 1.69 bits per heavy atom.